The van der Waals surface area contributed by atoms with Gasteiger partial charge in [-0.3, -0.25) is 9.69 Å². The average molecular weight is 383 g/mol. The molecule has 2 N–H and O–H groups in total. The number of likely N-dealkylation sites (tertiary alicyclic amines) is 1. The van der Waals surface area contributed by atoms with Crippen molar-refractivity contribution in [1.82, 2.24) is 4.90 Å². The zero-order chi connectivity index (χ0) is 19.9. The van der Waals surface area contributed by atoms with Crippen molar-refractivity contribution in [3.8, 4) is 11.5 Å². The van der Waals surface area contributed by atoms with Gasteiger partial charge in [0.25, 0.3) is 0 Å². The minimum absolute atomic E-state index is 0.0737. The van der Waals surface area contributed by atoms with Gasteiger partial charge in [0.05, 0.1) is 12.7 Å². The summed E-state index contributed by atoms with van der Waals surface area (Å²) in [5, 5.41) is 19.4. The van der Waals surface area contributed by atoms with Crippen molar-refractivity contribution in [3.05, 3.63) is 59.2 Å². The quantitative estimate of drug-likeness (QED) is 0.819. The number of carbonyl (C=O) groups is 2. The SMILES string of the molecule is COc1ccc2c(c1)OC[C@]1(C(=O)O)CN(Cc3ccccc3C(=O)O)C[C@H]21. The Labute approximate surface area is 162 Å². The molecular formula is C21H21NO6. The number of hydrogen-bond donors (Lipinski definition) is 2. The Bertz CT molecular complexity index is 942. The highest BCUT2D eigenvalue weighted by Crippen LogP contribution is 2.50. The minimum atomic E-state index is -1.06. The van der Waals surface area contributed by atoms with E-state index < -0.39 is 17.4 Å². The number of ether oxygens (including phenoxy) is 2. The topological polar surface area (TPSA) is 96.3 Å². The van der Waals surface area contributed by atoms with Crippen LogP contribution in [-0.4, -0.2) is 53.9 Å². The molecule has 28 heavy (non-hydrogen) atoms. The minimum Gasteiger partial charge on any atom is -0.497 e. The summed E-state index contributed by atoms with van der Waals surface area (Å²) in [6, 6.07) is 12.3. The van der Waals surface area contributed by atoms with Gasteiger partial charge in [0.1, 0.15) is 23.5 Å². The summed E-state index contributed by atoms with van der Waals surface area (Å²) in [7, 11) is 1.57. The molecule has 0 spiro atoms. The Hall–Kier alpha value is -3.06. The van der Waals surface area contributed by atoms with Crippen molar-refractivity contribution in [2.24, 2.45) is 5.41 Å². The van der Waals surface area contributed by atoms with E-state index in [1.807, 2.05) is 17.0 Å². The molecule has 2 aliphatic heterocycles. The fraction of sp³-hybridized carbons (Fsp3) is 0.333. The molecule has 0 unspecified atom stereocenters. The maximum atomic E-state index is 12.2. The van der Waals surface area contributed by atoms with Crippen LogP contribution in [0.25, 0.3) is 0 Å². The maximum Gasteiger partial charge on any atom is 0.336 e. The van der Waals surface area contributed by atoms with Crippen LogP contribution >= 0.6 is 0 Å². The molecule has 0 aromatic heterocycles. The Morgan fingerprint density at radius 3 is 2.75 bits per heavy atom. The second-order valence-electron chi connectivity index (χ2n) is 7.34. The second kappa shape index (κ2) is 6.83. The fourth-order valence-corrected chi connectivity index (χ4v) is 4.32. The maximum absolute atomic E-state index is 12.2. The first-order valence-corrected chi connectivity index (χ1v) is 9.02. The van der Waals surface area contributed by atoms with E-state index in [-0.39, 0.29) is 18.1 Å². The second-order valence-corrected chi connectivity index (χ2v) is 7.34. The summed E-state index contributed by atoms with van der Waals surface area (Å²) < 4.78 is 11.1. The summed E-state index contributed by atoms with van der Waals surface area (Å²) in [4.78, 5) is 25.7. The van der Waals surface area contributed by atoms with Gasteiger partial charge in [-0.15, -0.1) is 0 Å². The fourth-order valence-electron chi connectivity index (χ4n) is 4.32. The van der Waals surface area contributed by atoms with E-state index in [0.29, 0.717) is 36.7 Å². The normalized spacial score (nSPS) is 23.4. The molecule has 2 aromatic carbocycles. The van der Waals surface area contributed by atoms with E-state index in [2.05, 4.69) is 0 Å². The number of hydrogen-bond acceptors (Lipinski definition) is 5. The van der Waals surface area contributed by atoms with Crippen LogP contribution in [0.3, 0.4) is 0 Å². The van der Waals surface area contributed by atoms with Gasteiger partial charge in [0.15, 0.2) is 0 Å². The lowest BCUT2D eigenvalue weighted by atomic mass is 9.73. The molecule has 0 bridgehead atoms. The molecule has 1 saturated heterocycles. The van der Waals surface area contributed by atoms with Crippen LogP contribution in [0.5, 0.6) is 11.5 Å². The number of aromatic carboxylic acids is 1. The van der Waals surface area contributed by atoms with Crippen molar-refractivity contribution in [2.45, 2.75) is 12.5 Å². The number of fused-ring (bicyclic) bond motifs is 3. The van der Waals surface area contributed by atoms with E-state index in [9.17, 15) is 19.8 Å². The molecule has 4 rings (SSSR count). The van der Waals surface area contributed by atoms with Gasteiger partial charge in [-0.25, -0.2) is 4.79 Å². The molecule has 0 amide bonds. The molecule has 2 heterocycles. The van der Waals surface area contributed by atoms with Gasteiger partial charge in [-0.05, 0) is 17.7 Å². The highest BCUT2D eigenvalue weighted by atomic mass is 16.5. The van der Waals surface area contributed by atoms with Gasteiger partial charge >= 0.3 is 11.9 Å². The molecule has 2 atom stereocenters. The third kappa shape index (κ3) is 2.88. The first kappa shape index (κ1) is 18.3. The van der Waals surface area contributed by atoms with E-state index >= 15 is 0 Å². The number of nitrogens with zero attached hydrogens (tertiary/aromatic N) is 1. The first-order chi connectivity index (χ1) is 13.4. The predicted octanol–water partition coefficient (Wildman–Crippen LogP) is 2.46. The van der Waals surface area contributed by atoms with Crippen molar-refractivity contribution in [1.29, 1.82) is 0 Å². The smallest absolute Gasteiger partial charge is 0.336 e. The predicted molar refractivity (Wildman–Crippen MR) is 100.0 cm³/mol. The van der Waals surface area contributed by atoms with Gasteiger partial charge < -0.3 is 19.7 Å². The van der Waals surface area contributed by atoms with E-state index in [0.717, 1.165) is 5.56 Å². The Kier molecular flexibility index (Phi) is 4.47. The van der Waals surface area contributed by atoms with E-state index in [1.165, 1.54) is 0 Å². The van der Waals surface area contributed by atoms with Crippen LogP contribution in [0, 0.1) is 5.41 Å². The van der Waals surface area contributed by atoms with Crippen LogP contribution in [0.15, 0.2) is 42.5 Å². The van der Waals surface area contributed by atoms with Gasteiger partial charge in [0, 0.05) is 37.2 Å². The lowest BCUT2D eigenvalue weighted by Crippen LogP contribution is -2.45. The molecule has 7 heteroatoms. The van der Waals surface area contributed by atoms with E-state index in [4.69, 9.17) is 9.47 Å². The molecule has 2 aliphatic rings. The standard InChI is InChI=1S/C21H21NO6/c1-27-14-6-7-16-17-10-22(9-13-4-2-3-5-15(13)19(23)24)11-21(17,20(25)26)12-28-18(16)8-14/h2-8,17H,9-12H2,1H3,(H,23,24)(H,25,26)/t17-,21-/m1/s1. The zero-order valence-electron chi connectivity index (χ0n) is 15.4. The summed E-state index contributed by atoms with van der Waals surface area (Å²) >= 11 is 0. The lowest BCUT2D eigenvalue weighted by Gasteiger charge is -2.36. The third-order valence-corrected chi connectivity index (χ3v) is 5.76. The molecular weight excluding hydrogens is 362 g/mol. The highest BCUT2D eigenvalue weighted by Gasteiger charge is 2.56. The number of aliphatic carboxylic acids is 1. The Balaban J connectivity index is 1.67. The van der Waals surface area contributed by atoms with Gasteiger partial charge in [-0.2, -0.15) is 0 Å². The number of benzene rings is 2. The number of rotatable bonds is 5. The number of carboxylic acid groups (broad SMARTS) is 2. The summed E-state index contributed by atoms with van der Waals surface area (Å²) in [6.45, 7) is 1.26. The largest absolute Gasteiger partial charge is 0.497 e. The average Bonchev–Trinajstić information content (AvgIpc) is 3.07. The third-order valence-electron chi connectivity index (χ3n) is 5.76. The molecule has 1 fully saturated rings. The molecule has 0 radical (unpaired) electrons. The van der Waals surface area contributed by atoms with E-state index in [1.54, 1.807) is 37.4 Å². The summed E-state index contributed by atoms with van der Waals surface area (Å²) in [6.07, 6.45) is 0. The monoisotopic (exact) mass is 383 g/mol. The molecule has 0 aliphatic carbocycles. The number of methoxy groups -OCH3 is 1. The van der Waals surface area contributed by atoms with Crippen LogP contribution in [0.1, 0.15) is 27.4 Å². The number of carboxylic acids is 2. The summed E-state index contributed by atoms with van der Waals surface area (Å²) in [5.74, 6) is -0.814. The van der Waals surface area contributed by atoms with Crippen molar-refractivity contribution in [3.63, 3.8) is 0 Å². The highest BCUT2D eigenvalue weighted by molar-refractivity contribution is 5.89. The van der Waals surface area contributed by atoms with Crippen molar-refractivity contribution < 1.29 is 29.3 Å². The van der Waals surface area contributed by atoms with Crippen LogP contribution in [0.2, 0.25) is 0 Å². The Morgan fingerprint density at radius 2 is 2.04 bits per heavy atom. The molecule has 2 aromatic rings. The molecule has 146 valence electrons. The first-order valence-electron chi connectivity index (χ1n) is 9.02. The summed E-state index contributed by atoms with van der Waals surface area (Å²) in [5.41, 5.74) is 0.705. The Morgan fingerprint density at radius 1 is 1.25 bits per heavy atom. The van der Waals surface area contributed by atoms with Crippen molar-refractivity contribution >= 4 is 11.9 Å². The van der Waals surface area contributed by atoms with Gasteiger partial charge in [-0.1, -0.05) is 24.3 Å². The molecule has 7 nitrogen and oxygen atoms in total. The van der Waals surface area contributed by atoms with Crippen molar-refractivity contribution in [2.75, 3.05) is 26.8 Å². The van der Waals surface area contributed by atoms with Crippen LogP contribution in [-0.2, 0) is 11.3 Å². The van der Waals surface area contributed by atoms with Crippen LogP contribution in [0.4, 0.5) is 0 Å². The lowest BCUT2D eigenvalue weighted by molar-refractivity contribution is -0.151. The molecule has 0 saturated carbocycles. The zero-order valence-corrected chi connectivity index (χ0v) is 15.4. The van der Waals surface area contributed by atoms with Gasteiger partial charge in [0.2, 0.25) is 0 Å². The van der Waals surface area contributed by atoms with Crippen LogP contribution < -0.4 is 9.47 Å².